The zero-order valence-electron chi connectivity index (χ0n) is 10.7. The van der Waals surface area contributed by atoms with Gasteiger partial charge in [0.05, 0.1) is 4.47 Å². The molecule has 0 saturated heterocycles. The Balaban J connectivity index is 0.000000204. The third kappa shape index (κ3) is 4.66. The molecule has 0 aromatic heterocycles. The number of phenolic OH excluding ortho intramolecular Hbond substituents is 2. The van der Waals surface area contributed by atoms with Crippen LogP contribution in [0.1, 0.15) is 12.5 Å². The van der Waals surface area contributed by atoms with Gasteiger partial charge < -0.3 is 10.2 Å². The Labute approximate surface area is 124 Å². The highest BCUT2D eigenvalue weighted by molar-refractivity contribution is 9.10. The molecule has 2 nitrogen and oxygen atoms in total. The summed E-state index contributed by atoms with van der Waals surface area (Å²) in [6.07, 6.45) is 0. The molecule has 2 N–H and O–H groups in total. The van der Waals surface area contributed by atoms with E-state index in [0.717, 1.165) is 0 Å². The van der Waals surface area contributed by atoms with Gasteiger partial charge in [0.1, 0.15) is 23.1 Å². The molecule has 0 unspecified atom stereocenters. The highest BCUT2D eigenvalue weighted by Crippen LogP contribution is 2.24. The Kier molecular flexibility index (Phi) is 5.70. The van der Waals surface area contributed by atoms with Gasteiger partial charge in [0, 0.05) is 5.56 Å². The van der Waals surface area contributed by atoms with Crippen molar-refractivity contribution in [1.29, 1.82) is 0 Å². The van der Waals surface area contributed by atoms with Gasteiger partial charge in [-0.2, -0.15) is 0 Å². The fourth-order valence-electron chi connectivity index (χ4n) is 1.33. The zero-order chi connectivity index (χ0) is 15.3. The van der Waals surface area contributed by atoms with Crippen LogP contribution >= 0.6 is 15.9 Å². The zero-order valence-corrected chi connectivity index (χ0v) is 12.3. The molecule has 0 aliphatic rings. The highest BCUT2D eigenvalue weighted by Gasteiger charge is 2.01. The number of aromatic hydroxyl groups is 2. The third-order valence-corrected chi connectivity index (χ3v) is 2.96. The van der Waals surface area contributed by atoms with E-state index < -0.39 is 0 Å². The fraction of sp³-hybridized carbons (Fsp3) is 0.0667. The smallest absolute Gasteiger partial charge is 0.129 e. The van der Waals surface area contributed by atoms with E-state index in [1.54, 1.807) is 6.92 Å². The molecule has 0 saturated carbocycles. The number of rotatable bonds is 1. The van der Waals surface area contributed by atoms with Crippen molar-refractivity contribution in [1.82, 2.24) is 0 Å². The highest BCUT2D eigenvalue weighted by atomic mass is 79.9. The summed E-state index contributed by atoms with van der Waals surface area (Å²) in [6.45, 7) is 5.32. The van der Waals surface area contributed by atoms with Crippen molar-refractivity contribution in [2.24, 2.45) is 0 Å². The first-order valence-electron chi connectivity index (χ1n) is 5.59. The number of halogens is 3. The van der Waals surface area contributed by atoms with Gasteiger partial charge in [-0.05, 0) is 64.8 Å². The van der Waals surface area contributed by atoms with Crippen molar-refractivity contribution in [3.63, 3.8) is 0 Å². The molecule has 2 rings (SSSR count). The maximum atomic E-state index is 12.6. The van der Waals surface area contributed by atoms with Gasteiger partial charge in [0.2, 0.25) is 0 Å². The van der Waals surface area contributed by atoms with Crippen LogP contribution in [0.4, 0.5) is 8.78 Å². The van der Waals surface area contributed by atoms with Crippen LogP contribution in [0.3, 0.4) is 0 Å². The molecule has 0 radical (unpaired) electrons. The summed E-state index contributed by atoms with van der Waals surface area (Å²) >= 11 is 2.96. The first-order chi connectivity index (χ1) is 9.31. The van der Waals surface area contributed by atoms with Crippen LogP contribution in [-0.4, -0.2) is 10.2 Å². The molecule has 0 spiro atoms. The summed E-state index contributed by atoms with van der Waals surface area (Å²) in [7, 11) is 0. The molecule has 2 aromatic rings. The molecule has 0 aliphatic heterocycles. The predicted octanol–water partition coefficient (Wildman–Crippen LogP) is 4.86. The Morgan fingerprint density at radius 1 is 1.00 bits per heavy atom. The maximum absolute atomic E-state index is 12.6. The second-order valence-corrected chi connectivity index (χ2v) is 4.89. The van der Waals surface area contributed by atoms with Crippen LogP contribution in [0.25, 0.3) is 5.57 Å². The van der Waals surface area contributed by atoms with Gasteiger partial charge in [0.15, 0.2) is 0 Å². The number of phenols is 2. The fourth-order valence-corrected chi connectivity index (χ4v) is 1.68. The Hall–Kier alpha value is -1.88. The molecule has 0 amide bonds. The van der Waals surface area contributed by atoms with Crippen LogP contribution < -0.4 is 0 Å². The van der Waals surface area contributed by atoms with Gasteiger partial charge in [-0.25, -0.2) is 8.78 Å². The van der Waals surface area contributed by atoms with Crippen LogP contribution in [0, 0.1) is 11.6 Å². The SMILES string of the molecule is C=C(C)c1cc(F)ccc1O.Oc1ccc(F)cc1Br. The van der Waals surface area contributed by atoms with E-state index in [2.05, 4.69) is 22.5 Å². The van der Waals surface area contributed by atoms with Gasteiger partial charge >= 0.3 is 0 Å². The summed E-state index contributed by atoms with van der Waals surface area (Å²) in [4.78, 5) is 0. The van der Waals surface area contributed by atoms with Crippen molar-refractivity contribution >= 4 is 21.5 Å². The van der Waals surface area contributed by atoms with E-state index in [1.807, 2.05) is 0 Å². The summed E-state index contributed by atoms with van der Waals surface area (Å²) in [5.41, 5.74) is 1.12. The van der Waals surface area contributed by atoms with E-state index in [0.29, 0.717) is 15.6 Å². The number of hydrogen-bond acceptors (Lipinski definition) is 2. The lowest BCUT2D eigenvalue weighted by molar-refractivity contribution is 0.469. The average Bonchev–Trinajstić information content (AvgIpc) is 2.38. The quantitative estimate of drug-likeness (QED) is 0.776. The molecular weight excluding hydrogens is 330 g/mol. The molecule has 2 aromatic carbocycles. The van der Waals surface area contributed by atoms with Crippen molar-refractivity contribution in [2.45, 2.75) is 6.92 Å². The minimum absolute atomic E-state index is 0.0522. The topological polar surface area (TPSA) is 40.5 Å². The molecule has 20 heavy (non-hydrogen) atoms. The van der Waals surface area contributed by atoms with Crippen molar-refractivity contribution < 1.29 is 19.0 Å². The summed E-state index contributed by atoms with van der Waals surface area (Å²) in [6, 6.07) is 7.48. The van der Waals surface area contributed by atoms with E-state index >= 15 is 0 Å². The lowest BCUT2D eigenvalue weighted by Gasteiger charge is -2.01. The van der Waals surface area contributed by atoms with Crippen molar-refractivity contribution in [3.05, 3.63) is 64.6 Å². The lowest BCUT2D eigenvalue weighted by atomic mass is 10.1. The Bertz CT molecular complexity index is 627. The largest absolute Gasteiger partial charge is 0.507 e. The summed E-state index contributed by atoms with van der Waals surface area (Å²) in [5.74, 6) is -0.601. The van der Waals surface area contributed by atoms with Gasteiger partial charge in [0.25, 0.3) is 0 Å². The summed E-state index contributed by atoms with van der Waals surface area (Å²) in [5, 5.41) is 18.0. The summed E-state index contributed by atoms with van der Waals surface area (Å²) < 4.78 is 25.1. The average molecular weight is 343 g/mol. The van der Waals surface area contributed by atoms with E-state index in [-0.39, 0.29) is 23.1 Å². The van der Waals surface area contributed by atoms with Gasteiger partial charge in [-0.1, -0.05) is 6.58 Å². The predicted molar refractivity (Wildman–Crippen MR) is 78.5 cm³/mol. The second kappa shape index (κ2) is 7.05. The molecule has 5 heteroatoms. The molecular formula is C15H13BrF2O2. The standard InChI is InChI=1S/C9H9FO.C6H4BrFO/c1-6(2)8-5-7(10)3-4-9(8)11;7-5-3-4(8)1-2-6(5)9/h3-5,11H,1H2,2H3;1-3,9H. The number of benzene rings is 2. The molecule has 0 atom stereocenters. The molecule has 0 heterocycles. The molecule has 0 bridgehead atoms. The monoisotopic (exact) mass is 342 g/mol. The van der Waals surface area contributed by atoms with E-state index in [1.165, 1.54) is 36.4 Å². The van der Waals surface area contributed by atoms with Crippen molar-refractivity contribution in [2.75, 3.05) is 0 Å². The first-order valence-corrected chi connectivity index (χ1v) is 6.39. The van der Waals surface area contributed by atoms with E-state index in [4.69, 9.17) is 5.11 Å². The number of allylic oxidation sites excluding steroid dienone is 1. The first kappa shape index (κ1) is 16.2. The second-order valence-electron chi connectivity index (χ2n) is 4.04. The van der Waals surface area contributed by atoms with E-state index in [9.17, 15) is 13.9 Å². The minimum Gasteiger partial charge on any atom is -0.507 e. The Morgan fingerprint density at radius 3 is 1.90 bits per heavy atom. The maximum Gasteiger partial charge on any atom is 0.129 e. The molecule has 0 aliphatic carbocycles. The normalized spacial score (nSPS) is 9.60. The Morgan fingerprint density at radius 2 is 1.50 bits per heavy atom. The van der Waals surface area contributed by atoms with Crippen LogP contribution in [-0.2, 0) is 0 Å². The van der Waals surface area contributed by atoms with Crippen LogP contribution in [0.5, 0.6) is 11.5 Å². The molecule has 0 fully saturated rings. The lowest BCUT2D eigenvalue weighted by Crippen LogP contribution is -1.81. The van der Waals surface area contributed by atoms with Crippen molar-refractivity contribution in [3.8, 4) is 11.5 Å². The van der Waals surface area contributed by atoms with Crippen LogP contribution in [0.15, 0.2) is 47.4 Å². The minimum atomic E-state index is -0.361. The molecule has 106 valence electrons. The van der Waals surface area contributed by atoms with Gasteiger partial charge in [-0.15, -0.1) is 0 Å². The van der Waals surface area contributed by atoms with Crippen LogP contribution in [0.2, 0.25) is 0 Å². The number of hydrogen-bond donors (Lipinski definition) is 2. The third-order valence-electron chi connectivity index (χ3n) is 2.33. The van der Waals surface area contributed by atoms with Gasteiger partial charge in [-0.3, -0.25) is 0 Å².